The van der Waals surface area contributed by atoms with Gasteiger partial charge in [-0.3, -0.25) is 0 Å². The maximum atomic E-state index is 5.29. The van der Waals surface area contributed by atoms with Crippen LogP contribution in [0, 0.1) is 0 Å². The molecule has 0 bridgehead atoms. The molecule has 2 N–H and O–H groups in total. The van der Waals surface area contributed by atoms with Crippen molar-refractivity contribution in [3.8, 4) is 0 Å². The third kappa shape index (κ3) is 2.03. The molecule has 1 aromatic rings. The molecule has 52 valence electrons. The first-order chi connectivity index (χ1) is 3.83. The summed E-state index contributed by atoms with van der Waals surface area (Å²) in [6.45, 7) is 0.529. The van der Waals surface area contributed by atoms with E-state index in [2.05, 4.69) is 4.98 Å². The van der Waals surface area contributed by atoms with E-state index in [1.54, 1.807) is 6.33 Å². The van der Waals surface area contributed by atoms with Crippen LogP contribution in [0.5, 0.6) is 0 Å². The molecular weight excluding hydrogens is 138 g/mol. The zero-order chi connectivity index (χ0) is 5.98. The summed E-state index contributed by atoms with van der Waals surface area (Å²) in [5.74, 6) is 0. The van der Waals surface area contributed by atoms with Gasteiger partial charge in [-0.2, -0.15) is 0 Å². The fraction of sp³-hybridized carbons (Fsp3) is 0.400. The molecule has 0 unspecified atom stereocenters. The molecule has 0 aliphatic rings. The van der Waals surface area contributed by atoms with Crippen LogP contribution in [0.2, 0.25) is 0 Å². The predicted octanol–water partition coefficient (Wildman–Crippen LogP) is 0.301. The Morgan fingerprint density at radius 3 is 2.67 bits per heavy atom. The Labute approximate surface area is 60.3 Å². The molecule has 4 heteroatoms. The number of aryl methyl sites for hydroxylation is 1. The first-order valence-corrected chi connectivity index (χ1v) is 2.50. The molecule has 9 heavy (non-hydrogen) atoms. The summed E-state index contributed by atoms with van der Waals surface area (Å²) < 4.78 is 1.88. The second-order valence-electron chi connectivity index (χ2n) is 1.73. The quantitative estimate of drug-likeness (QED) is 0.621. The van der Waals surface area contributed by atoms with Crippen molar-refractivity contribution in [2.24, 2.45) is 12.8 Å². The van der Waals surface area contributed by atoms with Gasteiger partial charge < -0.3 is 10.3 Å². The van der Waals surface area contributed by atoms with E-state index in [4.69, 9.17) is 5.73 Å². The molecule has 3 nitrogen and oxygen atoms in total. The second kappa shape index (κ2) is 3.48. The highest BCUT2D eigenvalue weighted by Gasteiger charge is 1.88. The third-order valence-corrected chi connectivity index (χ3v) is 0.967. The molecule has 0 radical (unpaired) electrons. The molecule has 0 saturated heterocycles. The monoisotopic (exact) mass is 147 g/mol. The maximum absolute atomic E-state index is 5.29. The van der Waals surface area contributed by atoms with Crippen molar-refractivity contribution in [2.45, 2.75) is 6.54 Å². The van der Waals surface area contributed by atoms with Crippen LogP contribution in [0.4, 0.5) is 0 Å². The number of rotatable bonds is 1. The summed E-state index contributed by atoms with van der Waals surface area (Å²) in [7, 11) is 1.92. The van der Waals surface area contributed by atoms with Gasteiger partial charge in [0.15, 0.2) is 0 Å². The zero-order valence-corrected chi connectivity index (χ0v) is 6.06. The van der Waals surface area contributed by atoms with Gasteiger partial charge >= 0.3 is 0 Å². The van der Waals surface area contributed by atoms with Crippen LogP contribution in [0.25, 0.3) is 0 Å². The van der Waals surface area contributed by atoms with Crippen molar-refractivity contribution < 1.29 is 0 Å². The Kier molecular flexibility index (Phi) is 3.27. The molecule has 1 aromatic heterocycles. The number of nitrogens with two attached hydrogens (primary N) is 1. The number of imidazole rings is 1. The third-order valence-electron chi connectivity index (χ3n) is 0.967. The number of aromatic nitrogens is 2. The van der Waals surface area contributed by atoms with Crippen molar-refractivity contribution in [1.82, 2.24) is 9.55 Å². The Balaban J connectivity index is 0.000000640. The number of hydrogen-bond acceptors (Lipinski definition) is 2. The van der Waals surface area contributed by atoms with E-state index in [0.29, 0.717) is 6.54 Å². The van der Waals surface area contributed by atoms with Crippen LogP contribution < -0.4 is 5.73 Å². The molecular formula is C5H10ClN3. The van der Waals surface area contributed by atoms with Crippen molar-refractivity contribution >= 4 is 12.4 Å². The lowest BCUT2D eigenvalue weighted by Crippen LogP contribution is -1.95. The van der Waals surface area contributed by atoms with Gasteiger partial charge in [-0.05, 0) is 0 Å². The minimum atomic E-state index is 0. The zero-order valence-electron chi connectivity index (χ0n) is 5.24. The topological polar surface area (TPSA) is 43.8 Å². The van der Waals surface area contributed by atoms with Gasteiger partial charge in [-0.1, -0.05) is 0 Å². The fourth-order valence-corrected chi connectivity index (χ4v) is 0.572. The summed E-state index contributed by atoms with van der Waals surface area (Å²) in [5, 5.41) is 0. The molecule has 0 saturated carbocycles. The fourth-order valence-electron chi connectivity index (χ4n) is 0.572. The van der Waals surface area contributed by atoms with Gasteiger partial charge in [0.05, 0.1) is 12.0 Å². The van der Waals surface area contributed by atoms with E-state index in [-0.39, 0.29) is 12.4 Å². The van der Waals surface area contributed by atoms with Crippen LogP contribution in [-0.4, -0.2) is 9.55 Å². The Hall–Kier alpha value is -0.540. The van der Waals surface area contributed by atoms with Gasteiger partial charge in [0.1, 0.15) is 0 Å². The first kappa shape index (κ1) is 8.46. The highest BCUT2D eigenvalue weighted by atomic mass is 35.5. The summed E-state index contributed by atoms with van der Waals surface area (Å²) in [5.41, 5.74) is 6.22. The molecule has 0 aliphatic heterocycles. The number of hydrogen-bond donors (Lipinski definition) is 1. The van der Waals surface area contributed by atoms with Crippen molar-refractivity contribution in [3.63, 3.8) is 0 Å². The van der Waals surface area contributed by atoms with Crippen molar-refractivity contribution in [2.75, 3.05) is 0 Å². The van der Waals surface area contributed by atoms with Gasteiger partial charge in [-0.25, -0.2) is 4.98 Å². The maximum Gasteiger partial charge on any atom is 0.0947 e. The molecule has 0 spiro atoms. The molecule has 0 amide bonds. The van der Waals surface area contributed by atoms with Gasteiger partial charge in [-0.15, -0.1) is 12.4 Å². The number of halogens is 1. The van der Waals surface area contributed by atoms with E-state index in [0.717, 1.165) is 5.69 Å². The first-order valence-electron chi connectivity index (χ1n) is 2.50. The largest absolute Gasteiger partial charge is 0.340 e. The SMILES string of the molecule is Cl.Cn1cnc(CN)c1. The highest BCUT2D eigenvalue weighted by Crippen LogP contribution is 1.89. The van der Waals surface area contributed by atoms with Crippen molar-refractivity contribution in [3.05, 3.63) is 18.2 Å². The average Bonchev–Trinajstić information content (AvgIpc) is 2.14. The highest BCUT2D eigenvalue weighted by molar-refractivity contribution is 5.85. The summed E-state index contributed by atoms with van der Waals surface area (Å²) in [4.78, 5) is 3.97. The van der Waals surface area contributed by atoms with Crippen LogP contribution in [0.3, 0.4) is 0 Å². The Bertz CT molecular complexity index is 172. The van der Waals surface area contributed by atoms with Crippen LogP contribution in [0.15, 0.2) is 12.5 Å². The van der Waals surface area contributed by atoms with Crippen LogP contribution >= 0.6 is 12.4 Å². The van der Waals surface area contributed by atoms with Crippen molar-refractivity contribution in [1.29, 1.82) is 0 Å². The molecule has 1 rings (SSSR count). The average molecular weight is 148 g/mol. The lowest BCUT2D eigenvalue weighted by molar-refractivity contribution is 0.911. The minimum absolute atomic E-state index is 0. The molecule has 1 heterocycles. The van der Waals surface area contributed by atoms with Crippen LogP contribution in [0.1, 0.15) is 5.69 Å². The molecule has 0 fully saturated rings. The predicted molar refractivity (Wildman–Crippen MR) is 38.3 cm³/mol. The second-order valence-corrected chi connectivity index (χ2v) is 1.73. The lowest BCUT2D eigenvalue weighted by Gasteiger charge is -1.82. The molecule has 0 aliphatic carbocycles. The lowest BCUT2D eigenvalue weighted by atomic mass is 10.5. The summed E-state index contributed by atoms with van der Waals surface area (Å²) in [6, 6.07) is 0. The number of nitrogens with zero attached hydrogens (tertiary/aromatic N) is 2. The van der Waals surface area contributed by atoms with E-state index >= 15 is 0 Å². The summed E-state index contributed by atoms with van der Waals surface area (Å²) in [6.07, 6.45) is 3.64. The van der Waals surface area contributed by atoms with E-state index in [1.165, 1.54) is 0 Å². The standard InChI is InChI=1S/C5H9N3.ClH/c1-8-3-5(2-6)7-4-8;/h3-4H,2,6H2,1H3;1H. The van der Waals surface area contributed by atoms with Gasteiger partial charge in [0, 0.05) is 19.8 Å². The normalized spacial score (nSPS) is 8.67. The Morgan fingerprint density at radius 2 is 2.44 bits per heavy atom. The smallest absolute Gasteiger partial charge is 0.0947 e. The summed E-state index contributed by atoms with van der Waals surface area (Å²) >= 11 is 0. The molecule has 0 aromatic carbocycles. The van der Waals surface area contributed by atoms with Gasteiger partial charge in [0.25, 0.3) is 0 Å². The van der Waals surface area contributed by atoms with Gasteiger partial charge in [0.2, 0.25) is 0 Å². The molecule has 0 atom stereocenters. The van der Waals surface area contributed by atoms with E-state index in [1.807, 2.05) is 17.8 Å². The van der Waals surface area contributed by atoms with Crippen LogP contribution in [-0.2, 0) is 13.6 Å². The van der Waals surface area contributed by atoms with E-state index < -0.39 is 0 Å². The minimum Gasteiger partial charge on any atom is -0.340 e. The Morgan fingerprint density at radius 1 is 1.78 bits per heavy atom. The van der Waals surface area contributed by atoms with E-state index in [9.17, 15) is 0 Å².